The predicted molar refractivity (Wildman–Crippen MR) is 120 cm³/mol. The first-order valence-electron chi connectivity index (χ1n) is 10.9. The molecule has 1 aliphatic rings. The molecule has 0 aliphatic carbocycles. The molecule has 8 nitrogen and oxygen atoms in total. The van der Waals surface area contributed by atoms with E-state index in [-0.39, 0.29) is 17.7 Å². The number of piperidine rings is 1. The van der Waals surface area contributed by atoms with Gasteiger partial charge in [0.25, 0.3) is 5.91 Å². The number of hydrogen-bond acceptors (Lipinski definition) is 5. The van der Waals surface area contributed by atoms with E-state index in [1.165, 1.54) is 0 Å². The largest absolute Gasteiger partial charge is 0.492 e. The molecule has 3 aromatic rings. The van der Waals surface area contributed by atoms with Crippen molar-refractivity contribution in [2.45, 2.75) is 19.3 Å². The molecule has 8 heteroatoms. The van der Waals surface area contributed by atoms with Gasteiger partial charge in [0.2, 0.25) is 5.91 Å². The number of H-pyrrole nitrogens is 1. The summed E-state index contributed by atoms with van der Waals surface area (Å²) in [6, 6.07) is 14.7. The summed E-state index contributed by atoms with van der Waals surface area (Å²) in [5.41, 5.74) is 2.27. The zero-order valence-corrected chi connectivity index (χ0v) is 17.9. The van der Waals surface area contributed by atoms with E-state index in [1.807, 2.05) is 41.3 Å². The molecule has 1 aromatic carbocycles. The summed E-state index contributed by atoms with van der Waals surface area (Å²) in [6.07, 6.45) is 5.67. The Kier molecular flexibility index (Phi) is 7.12. The van der Waals surface area contributed by atoms with Gasteiger partial charge in [-0.2, -0.15) is 5.10 Å². The van der Waals surface area contributed by atoms with Gasteiger partial charge >= 0.3 is 0 Å². The fourth-order valence-corrected chi connectivity index (χ4v) is 3.80. The van der Waals surface area contributed by atoms with Crippen LogP contribution in [0.15, 0.2) is 60.9 Å². The van der Waals surface area contributed by atoms with Crippen molar-refractivity contribution in [1.82, 2.24) is 25.4 Å². The van der Waals surface area contributed by atoms with E-state index < -0.39 is 0 Å². The fourth-order valence-electron chi connectivity index (χ4n) is 3.80. The molecule has 4 rings (SSSR count). The van der Waals surface area contributed by atoms with Crippen molar-refractivity contribution in [2.75, 3.05) is 26.2 Å². The Morgan fingerprint density at radius 1 is 1.16 bits per heavy atom. The zero-order valence-electron chi connectivity index (χ0n) is 17.9. The second-order valence-electron chi connectivity index (χ2n) is 7.88. The van der Waals surface area contributed by atoms with E-state index in [2.05, 4.69) is 20.5 Å². The number of nitrogens with one attached hydrogen (secondary N) is 2. The Balaban J connectivity index is 1.20. The molecule has 1 fully saturated rings. The van der Waals surface area contributed by atoms with Crippen molar-refractivity contribution in [3.63, 3.8) is 0 Å². The van der Waals surface area contributed by atoms with Crippen LogP contribution >= 0.6 is 0 Å². The number of carbonyl (C=O) groups excluding carboxylic acids is 2. The first-order chi connectivity index (χ1) is 15.7. The summed E-state index contributed by atoms with van der Waals surface area (Å²) in [7, 11) is 0. The van der Waals surface area contributed by atoms with E-state index in [1.54, 1.807) is 24.5 Å². The molecular weight excluding hydrogens is 406 g/mol. The minimum atomic E-state index is -0.157. The van der Waals surface area contributed by atoms with Crippen molar-refractivity contribution < 1.29 is 14.3 Å². The van der Waals surface area contributed by atoms with Crippen molar-refractivity contribution in [1.29, 1.82) is 0 Å². The van der Waals surface area contributed by atoms with Crippen LogP contribution in [0.25, 0.3) is 11.4 Å². The van der Waals surface area contributed by atoms with Crippen LogP contribution in [0.4, 0.5) is 0 Å². The van der Waals surface area contributed by atoms with Crippen molar-refractivity contribution in [3.8, 4) is 17.1 Å². The van der Waals surface area contributed by atoms with Crippen LogP contribution in [-0.4, -0.2) is 58.1 Å². The van der Waals surface area contributed by atoms with Crippen LogP contribution < -0.4 is 10.1 Å². The molecule has 166 valence electrons. The molecular formula is C24H27N5O3. The van der Waals surface area contributed by atoms with Crippen molar-refractivity contribution in [2.24, 2.45) is 5.92 Å². The van der Waals surface area contributed by atoms with Crippen LogP contribution in [0.5, 0.6) is 5.75 Å². The fraction of sp³-hybridized carbons (Fsp3) is 0.333. The van der Waals surface area contributed by atoms with Gasteiger partial charge in [-0.05, 0) is 43.2 Å². The van der Waals surface area contributed by atoms with Gasteiger partial charge in [0.05, 0.1) is 24.2 Å². The smallest absolute Gasteiger partial charge is 0.251 e. The number of ether oxygens (including phenoxy) is 1. The molecule has 2 amide bonds. The van der Waals surface area contributed by atoms with E-state index >= 15 is 0 Å². The van der Waals surface area contributed by atoms with Gasteiger partial charge in [0, 0.05) is 43.7 Å². The van der Waals surface area contributed by atoms with Gasteiger partial charge in [-0.1, -0.05) is 18.2 Å². The van der Waals surface area contributed by atoms with E-state index in [4.69, 9.17) is 4.74 Å². The molecule has 0 unspecified atom stereocenters. The second kappa shape index (κ2) is 10.6. The number of aromatic amines is 1. The molecule has 1 saturated heterocycles. The SMILES string of the molecule is O=C(NCCC(=O)N1CCC[C@@H](COc2ccc(-c3ccn[nH]3)nc2)C1)c1ccccc1. The average Bonchev–Trinajstić information content (AvgIpc) is 3.39. The number of aromatic nitrogens is 3. The molecule has 1 aliphatic heterocycles. The molecule has 1 atom stereocenters. The highest BCUT2D eigenvalue weighted by molar-refractivity contribution is 5.94. The van der Waals surface area contributed by atoms with E-state index in [9.17, 15) is 9.59 Å². The van der Waals surface area contributed by atoms with Crippen LogP contribution in [0, 0.1) is 5.92 Å². The normalized spacial score (nSPS) is 15.9. The minimum absolute atomic E-state index is 0.0636. The van der Waals surface area contributed by atoms with Gasteiger partial charge in [-0.3, -0.25) is 19.7 Å². The summed E-state index contributed by atoms with van der Waals surface area (Å²) < 4.78 is 5.92. The van der Waals surface area contributed by atoms with Gasteiger partial charge in [-0.25, -0.2) is 0 Å². The number of benzene rings is 1. The summed E-state index contributed by atoms with van der Waals surface area (Å²) >= 11 is 0. The Hall–Kier alpha value is -3.68. The lowest BCUT2D eigenvalue weighted by molar-refractivity contribution is -0.133. The van der Waals surface area contributed by atoms with Crippen LogP contribution in [0.2, 0.25) is 0 Å². The third-order valence-electron chi connectivity index (χ3n) is 5.53. The minimum Gasteiger partial charge on any atom is -0.492 e. The molecule has 0 spiro atoms. The van der Waals surface area contributed by atoms with Gasteiger partial charge in [0.1, 0.15) is 5.75 Å². The highest BCUT2D eigenvalue weighted by atomic mass is 16.5. The number of pyridine rings is 1. The third-order valence-corrected chi connectivity index (χ3v) is 5.53. The lowest BCUT2D eigenvalue weighted by atomic mass is 9.98. The number of rotatable bonds is 8. The lowest BCUT2D eigenvalue weighted by Gasteiger charge is -2.32. The standard InChI is InChI=1S/C24H27N5O3/c30-23(11-12-25-24(31)19-6-2-1-3-7-19)29-14-4-5-18(16-29)17-32-20-8-9-21(26-15-20)22-10-13-27-28-22/h1-3,6-10,13,15,18H,4-5,11-12,14,16-17H2,(H,25,31)(H,27,28)/t18-/m1/s1. The lowest BCUT2D eigenvalue weighted by Crippen LogP contribution is -2.42. The molecule has 3 heterocycles. The Morgan fingerprint density at radius 2 is 2.03 bits per heavy atom. The van der Waals surface area contributed by atoms with Gasteiger partial charge < -0.3 is 15.0 Å². The molecule has 2 aromatic heterocycles. The molecule has 0 saturated carbocycles. The third kappa shape index (κ3) is 5.72. The maximum absolute atomic E-state index is 12.6. The van der Waals surface area contributed by atoms with Crippen LogP contribution in [0.3, 0.4) is 0 Å². The zero-order chi connectivity index (χ0) is 22.2. The Bertz CT molecular complexity index is 1010. The Morgan fingerprint density at radius 3 is 2.78 bits per heavy atom. The van der Waals surface area contributed by atoms with Gasteiger partial charge in [0.15, 0.2) is 0 Å². The second-order valence-corrected chi connectivity index (χ2v) is 7.88. The molecule has 0 radical (unpaired) electrons. The average molecular weight is 434 g/mol. The summed E-state index contributed by atoms with van der Waals surface area (Å²) in [5.74, 6) is 0.892. The number of nitrogens with zero attached hydrogens (tertiary/aromatic N) is 3. The molecule has 0 bridgehead atoms. The molecule has 2 N–H and O–H groups in total. The van der Waals surface area contributed by atoms with Crippen molar-refractivity contribution in [3.05, 3.63) is 66.5 Å². The molecule has 32 heavy (non-hydrogen) atoms. The first kappa shape index (κ1) is 21.5. The van der Waals surface area contributed by atoms with E-state index in [0.29, 0.717) is 37.4 Å². The summed E-state index contributed by atoms with van der Waals surface area (Å²) in [6.45, 7) is 2.30. The summed E-state index contributed by atoms with van der Waals surface area (Å²) in [4.78, 5) is 31.0. The van der Waals surface area contributed by atoms with Gasteiger partial charge in [-0.15, -0.1) is 0 Å². The highest BCUT2D eigenvalue weighted by Gasteiger charge is 2.24. The highest BCUT2D eigenvalue weighted by Crippen LogP contribution is 2.21. The summed E-state index contributed by atoms with van der Waals surface area (Å²) in [5, 5.41) is 9.64. The number of likely N-dealkylation sites (tertiary alicyclic amines) is 1. The maximum Gasteiger partial charge on any atom is 0.251 e. The Labute approximate surface area is 187 Å². The monoisotopic (exact) mass is 433 g/mol. The number of hydrogen-bond donors (Lipinski definition) is 2. The maximum atomic E-state index is 12.6. The quantitative estimate of drug-likeness (QED) is 0.569. The number of carbonyl (C=O) groups is 2. The van der Waals surface area contributed by atoms with E-state index in [0.717, 1.165) is 30.8 Å². The predicted octanol–water partition coefficient (Wildman–Crippen LogP) is 2.91. The van der Waals surface area contributed by atoms with Crippen LogP contribution in [0.1, 0.15) is 29.6 Å². The van der Waals surface area contributed by atoms with Crippen molar-refractivity contribution >= 4 is 11.8 Å². The topological polar surface area (TPSA) is 100 Å². The first-order valence-corrected chi connectivity index (χ1v) is 10.9. The van der Waals surface area contributed by atoms with Crippen LogP contribution in [-0.2, 0) is 4.79 Å². The number of amides is 2.